The zero-order chi connectivity index (χ0) is 13.1. The second kappa shape index (κ2) is 6.36. The Bertz CT molecular complexity index is 257. The van der Waals surface area contributed by atoms with E-state index in [-0.39, 0.29) is 6.10 Å². The Kier molecular flexibility index (Phi) is 5.05. The minimum absolute atomic E-state index is 0.129. The standard InChI is InChI=1S/C15H29NO2/c1-11(2)12-6-7-15(17)14(9-12)16-8-4-5-13(10-16)18-3/h11-15,17H,4-10H2,1-3H3. The summed E-state index contributed by atoms with van der Waals surface area (Å²) in [6.45, 7) is 6.76. The molecule has 0 aromatic heterocycles. The van der Waals surface area contributed by atoms with E-state index in [1.54, 1.807) is 0 Å². The molecule has 0 bridgehead atoms. The van der Waals surface area contributed by atoms with E-state index in [9.17, 15) is 5.11 Å². The lowest BCUT2D eigenvalue weighted by atomic mass is 9.77. The number of ether oxygens (including phenoxy) is 1. The SMILES string of the molecule is COC1CCCN(C2CC(C(C)C)CCC2O)C1. The van der Waals surface area contributed by atoms with E-state index >= 15 is 0 Å². The van der Waals surface area contributed by atoms with Crippen LogP contribution in [0.1, 0.15) is 46.0 Å². The van der Waals surface area contributed by atoms with Gasteiger partial charge in [0.2, 0.25) is 0 Å². The van der Waals surface area contributed by atoms with Crippen molar-refractivity contribution in [1.82, 2.24) is 4.90 Å². The summed E-state index contributed by atoms with van der Waals surface area (Å²) in [6.07, 6.45) is 5.94. The molecular formula is C15H29NO2. The largest absolute Gasteiger partial charge is 0.391 e. The molecule has 2 rings (SSSR count). The molecule has 0 aromatic carbocycles. The summed E-state index contributed by atoms with van der Waals surface area (Å²) in [7, 11) is 1.81. The first-order valence-corrected chi connectivity index (χ1v) is 7.56. The molecule has 0 amide bonds. The zero-order valence-electron chi connectivity index (χ0n) is 12.1. The molecule has 4 atom stereocenters. The Morgan fingerprint density at radius 3 is 2.67 bits per heavy atom. The van der Waals surface area contributed by atoms with Gasteiger partial charge in [0.15, 0.2) is 0 Å². The quantitative estimate of drug-likeness (QED) is 0.840. The molecule has 0 aromatic rings. The van der Waals surface area contributed by atoms with E-state index in [2.05, 4.69) is 18.7 Å². The molecule has 0 radical (unpaired) electrons. The van der Waals surface area contributed by atoms with E-state index in [4.69, 9.17) is 4.74 Å². The van der Waals surface area contributed by atoms with Crippen LogP contribution in [0.4, 0.5) is 0 Å². The highest BCUT2D eigenvalue weighted by Crippen LogP contribution is 2.34. The van der Waals surface area contributed by atoms with Crippen molar-refractivity contribution in [2.24, 2.45) is 11.8 Å². The van der Waals surface area contributed by atoms with Gasteiger partial charge in [-0.25, -0.2) is 0 Å². The normalized spacial score (nSPS) is 39.2. The fraction of sp³-hybridized carbons (Fsp3) is 1.00. The number of piperidine rings is 1. The molecule has 3 heteroatoms. The maximum Gasteiger partial charge on any atom is 0.0698 e. The van der Waals surface area contributed by atoms with Crippen molar-refractivity contribution in [3.05, 3.63) is 0 Å². The van der Waals surface area contributed by atoms with Gasteiger partial charge < -0.3 is 9.84 Å². The van der Waals surface area contributed by atoms with Gasteiger partial charge in [0.25, 0.3) is 0 Å². The van der Waals surface area contributed by atoms with E-state index in [1.807, 2.05) is 7.11 Å². The minimum atomic E-state index is -0.129. The van der Waals surface area contributed by atoms with Crippen LogP contribution in [0.3, 0.4) is 0 Å². The molecule has 0 spiro atoms. The molecule has 1 N–H and O–H groups in total. The summed E-state index contributed by atoms with van der Waals surface area (Å²) >= 11 is 0. The van der Waals surface area contributed by atoms with Gasteiger partial charge in [-0.15, -0.1) is 0 Å². The minimum Gasteiger partial charge on any atom is -0.391 e. The van der Waals surface area contributed by atoms with Crippen LogP contribution in [0.2, 0.25) is 0 Å². The summed E-state index contributed by atoms with van der Waals surface area (Å²) in [4.78, 5) is 2.48. The maximum absolute atomic E-state index is 10.3. The molecule has 4 unspecified atom stereocenters. The summed E-state index contributed by atoms with van der Waals surface area (Å²) in [5.74, 6) is 1.52. The van der Waals surface area contributed by atoms with E-state index in [1.165, 1.54) is 19.3 Å². The third-order valence-electron chi connectivity index (χ3n) is 4.98. The molecule has 1 saturated heterocycles. The Labute approximate surface area is 112 Å². The van der Waals surface area contributed by atoms with Crippen molar-refractivity contribution in [2.75, 3.05) is 20.2 Å². The van der Waals surface area contributed by atoms with Gasteiger partial charge in [0, 0.05) is 19.7 Å². The average Bonchev–Trinajstić information content (AvgIpc) is 2.39. The van der Waals surface area contributed by atoms with Crippen LogP contribution in [0.25, 0.3) is 0 Å². The lowest BCUT2D eigenvalue weighted by Gasteiger charge is -2.44. The zero-order valence-corrected chi connectivity index (χ0v) is 12.1. The van der Waals surface area contributed by atoms with Crippen molar-refractivity contribution >= 4 is 0 Å². The Balaban J connectivity index is 1.96. The van der Waals surface area contributed by atoms with Crippen molar-refractivity contribution in [1.29, 1.82) is 0 Å². The van der Waals surface area contributed by atoms with Gasteiger partial charge in [0.1, 0.15) is 0 Å². The van der Waals surface area contributed by atoms with Crippen LogP contribution in [-0.4, -0.2) is 48.5 Å². The Morgan fingerprint density at radius 2 is 2.00 bits per heavy atom. The van der Waals surface area contributed by atoms with Crippen molar-refractivity contribution in [3.8, 4) is 0 Å². The molecule has 3 nitrogen and oxygen atoms in total. The highest BCUT2D eigenvalue weighted by molar-refractivity contribution is 4.90. The molecule has 2 fully saturated rings. The van der Waals surface area contributed by atoms with E-state index in [0.29, 0.717) is 12.1 Å². The highest BCUT2D eigenvalue weighted by Gasteiger charge is 2.36. The van der Waals surface area contributed by atoms with Crippen LogP contribution in [0, 0.1) is 11.8 Å². The van der Waals surface area contributed by atoms with Gasteiger partial charge in [-0.2, -0.15) is 0 Å². The fourth-order valence-corrected chi connectivity index (χ4v) is 3.62. The number of hydrogen-bond donors (Lipinski definition) is 1. The lowest BCUT2D eigenvalue weighted by Crippen LogP contribution is -2.52. The van der Waals surface area contributed by atoms with E-state index in [0.717, 1.165) is 37.8 Å². The van der Waals surface area contributed by atoms with Gasteiger partial charge in [-0.05, 0) is 50.5 Å². The molecule has 1 aliphatic carbocycles. The van der Waals surface area contributed by atoms with Crippen LogP contribution in [0.15, 0.2) is 0 Å². The fourth-order valence-electron chi connectivity index (χ4n) is 3.62. The summed E-state index contributed by atoms with van der Waals surface area (Å²) in [6, 6.07) is 0.365. The lowest BCUT2D eigenvalue weighted by molar-refractivity contribution is -0.0460. The summed E-state index contributed by atoms with van der Waals surface area (Å²) in [5.41, 5.74) is 0. The monoisotopic (exact) mass is 255 g/mol. The second-order valence-electron chi connectivity index (χ2n) is 6.45. The van der Waals surface area contributed by atoms with Crippen molar-refractivity contribution in [3.63, 3.8) is 0 Å². The van der Waals surface area contributed by atoms with Gasteiger partial charge in [-0.1, -0.05) is 13.8 Å². The van der Waals surface area contributed by atoms with E-state index < -0.39 is 0 Å². The third kappa shape index (κ3) is 3.25. The summed E-state index contributed by atoms with van der Waals surface area (Å²) in [5, 5.41) is 10.3. The molecule has 106 valence electrons. The molecule has 2 aliphatic rings. The predicted octanol–water partition coefficient (Wildman–Crippen LogP) is 2.28. The topological polar surface area (TPSA) is 32.7 Å². The molecule has 1 heterocycles. The van der Waals surface area contributed by atoms with Crippen LogP contribution in [0.5, 0.6) is 0 Å². The van der Waals surface area contributed by atoms with Crippen LogP contribution >= 0.6 is 0 Å². The predicted molar refractivity (Wildman–Crippen MR) is 73.6 cm³/mol. The number of nitrogens with zero attached hydrogens (tertiary/aromatic N) is 1. The van der Waals surface area contributed by atoms with Crippen LogP contribution in [-0.2, 0) is 4.74 Å². The van der Waals surface area contributed by atoms with Crippen LogP contribution < -0.4 is 0 Å². The summed E-state index contributed by atoms with van der Waals surface area (Å²) < 4.78 is 5.50. The second-order valence-corrected chi connectivity index (χ2v) is 6.45. The molecule has 1 saturated carbocycles. The number of hydrogen-bond acceptors (Lipinski definition) is 3. The average molecular weight is 255 g/mol. The highest BCUT2D eigenvalue weighted by atomic mass is 16.5. The molecule has 18 heavy (non-hydrogen) atoms. The maximum atomic E-state index is 10.3. The number of likely N-dealkylation sites (tertiary alicyclic amines) is 1. The number of methoxy groups -OCH3 is 1. The Hall–Kier alpha value is -0.120. The first-order chi connectivity index (χ1) is 8.61. The van der Waals surface area contributed by atoms with Gasteiger partial charge in [-0.3, -0.25) is 4.90 Å². The smallest absolute Gasteiger partial charge is 0.0698 e. The molecule has 1 aliphatic heterocycles. The third-order valence-corrected chi connectivity index (χ3v) is 4.98. The number of aliphatic hydroxyl groups excluding tert-OH is 1. The van der Waals surface area contributed by atoms with Gasteiger partial charge >= 0.3 is 0 Å². The first-order valence-electron chi connectivity index (χ1n) is 7.56. The van der Waals surface area contributed by atoms with Crippen molar-refractivity contribution in [2.45, 2.75) is 64.2 Å². The van der Waals surface area contributed by atoms with Gasteiger partial charge in [0.05, 0.1) is 12.2 Å². The number of rotatable bonds is 3. The first kappa shape index (κ1) is 14.3. The van der Waals surface area contributed by atoms with Crippen molar-refractivity contribution < 1.29 is 9.84 Å². The number of aliphatic hydroxyl groups is 1. The Morgan fingerprint density at radius 1 is 1.22 bits per heavy atom. The molecular weight excluding hydrogens is 226 g/mol.